The largest absolute Gasteiger partial charge is 0.497 e. The number of benzene rings is 2. The Balaban J connectivity index is 1.73. The Kier molecular flexibility index (Phi) is 4.04. The lowest BCUT2D eigenvalue weighted by atomic mass is 10.1. The molecule has 8 heteroatoms. The van der Waals surface area contributed by atoms with E-state index in [2.05, 4.69) is 10.6 Å². The highest BCUT2D eigenvalue weighted by Crippen LogP contribution is 2.28. The van der Waals surface area contributed by atoms with Crippen molar-refractivity contribution in [2.24, 2.45) is 0 Å². The molecule has 2 aromatic heterocycles. The quantitative estimate of drug-likeness (QED) is 0.558. The maximum atomic E-state index is 12.1. The molecule has 0 bridgehead atoms. The molecule has 2 N–H and O–H groups in total. The monoisotopic (exact) mass is 388 g/mol. The molecule has 0 unspecified atom stereocenters. The van der Waals surface area contributed by atoms with Gasteiger partial charge in [0.25, 0.3) is 0 Å². The van der Waals surface area contributed by atoms with Crippen LogP contribution >= 0.6 is 0 Å². The summed E-state index contributed by atoms with van der Waals surface area (Å²) in [5.74, 6) is 1.78. The minimum Gasteiger partial charge on any atom is -0.497 e. The summed E-state index contributed by atoms with van der Waals surface area (Å²) in [6.45, 7) is 2.68. The van der Waals surface area contributed by atoms with Crippen LogP contribution in [-0.2, 0) is 4.79 Å². The average molecular weight is 388 g/mol. The fraction of sp³-hybridized carbons (Fsp3) is 0.238. The van der Waals surface area contributed by atoms with Gasteiger partial charge in [0.15, 0.2) is 11.5 Å². The molecule has 0 spiro atoms. The van der Waals surface area contributed by atoms with Gasteiger partial charge in [0, 0.05) is 17.5 Å². The number of carbonyl (C=O) groups excluding carboxylic acids is 1. The molecule has 1 aliphatic rings. The number of anilines is 1. The Bertz CT molecular complexity index is 1250. The lowest BCUT2D eigenvalue weighted by molar-refractivity contribution is -0.119. The Hall–Kier alpha value is -3.68. The fourth-order valence-corrected chi connectivity index (χ4v) is 3.68. The van der Waals surface area contributed by atoms with Crippen molar-refractivity contribution in [2.45, 2.75) is 19.4 Å². The van der Waals surface area contributed by atoms with Crippen LogP contribution in [0.1, 0.15) is 12.0 Å². The maximum Gasteiger partial charge on any atom is 0.242 e. The number of nitrogens with zero attached hydrogens (tertiary/aromatic N) is 4. The van der Waals surface area contributed by atoms with Gasteiger partial charge in [-0.3, -0.25) is 4.79 Å². The summed E-state index contributed by atoms with van der Waals surface area (Å²) in [4.78, 5) is 21.6. The first kappa shape index (κ1) is 17.4. The summed E-state index contributed by atoms with van der Waals surface area (Å²) < 4.78 is 7.02. The number of aromatic nitrogens is 4. The van der Waals surface area contributed by atoms with Crippen molar-refractivity contribution in [2.75, 3.05) is 19.0 Å². The molecule has 1 saturated heterocycles. The Morgan fingerprint density at radius 1 is 1.21 bits per heavy atom. The second-order valence-corrected chi connectivity index (χ2v) is 7.08. The van der Waals surface area contributed by atoms with E-state index >= 15 is 0 Å². The Labute approximate surface area is 166 Å². The van der Waals surface area contributed by atoms with Crippen LogP contribution in [0.15, 0.2) is 42.5 Å². The minimum atomic E-state index is -0.336. The molecule has 0 radical (unpaired) electrons. The van der Waals surface area contributed by atoms with Gasteiger partial charge in [-0.1, -0.05) is 24.3 Å². The summed E-state index contributed by atoms with van der Waals surface area (Å²) in [6.07, 6.45) is 0.700. The number of hydrogen-bond donors (Lipinski definition) is 2. The van der Waals surface area contributed by atoms with E-state index < -0.39 is 0 Å². The van der Waals surface area contributed by atoms with Crippen LogP contribution in [-0.4, -0.2) is 45.2 Å². The molecular formula is C21H20N6O2. The van der Waals surface area contributed by atoms with E-state index in [-0.39, 0.29) is 11.9 Å². The fourth-order valence-electron chi connectivity index (χ4n) is 3.68. The molecule has 0 aliphatic carbocycles. The first-order chi connectivity index (χ1) is 14.1. The van der Waals surface area contributed by atoms with Gasteiger partial charge in [0.1, 0.15) is 11.8 Å². The Morgan fingerprint density at radius 2 is 2.07 bits per heavy atom. The first-order valence-corrected chi connectivity index (χ1v) is 9.49. The van der Waals surface area contributed by atoms with Gasteiger partial charge in [-0.25, -0.2) is 9.97 Å². The number of hydrogen-bond acceptors (Lipinski definition) is 6. The lowest BCUT2D eigenvalue weighted by Crippen LogP contribution is -2.30. The number of fused-ring (bicyclic) bond motifs is 3. The molecule has 5 rings (SSSR count). The van der Waals surface area contributed by atoms with Crippen molar-refractivity contribution in [3.8, 4) is 17.1 Å². The van der Waals surface area contributed by atoms with E-state index in [4.69, 9.17) is 19.8 Å². The summed E-state index contributed by atoms with van der Waals surface area (Å²) in [5.41, 5.74) is 3.42. The smallest absolute Gasteiger partial charge is 0.242 e. The average Bonchev–Trinajstić information content (AvgIpc) is 3.35. The van der Waals surface area contributed by atoms with Gasteiger partial charge in [0.2, 0.25) is 11.9 Å². The van der Waals surface area contributed by atoms with E-state index in [9.17, 15) is 4.79 Å². The summed E-state index contributed by atoms with van der Waals surface area (Å²) >= 11 is 0. The van der Waals surface area contributed by atoms with Crippen LogP contribution in [0.25, 0.3) is 27.9 Å². The number of carbonyl (C=O) groups is 1. The summed E-state index contributed by atoms with van der Waals surface area (Å²) in [7, 11) is 1.63. The van der Waals surface area contributed by atoms with Crippen molar-refractivity contribution in [1.82, 2.24) is 24.9 Å². The molecule has 8 nitrogen and oxygen atoms in total. The van der Waals surface area contributed by atoms with Crippen LogP contribution in [0.5, 0.6) is 5.75 Å². The predicted molar refractivity (Wildman–Crippen MR) is 110 cm³/mol. The molecular weight excluding hydrogens is 368 g/mol. The van der Waals surface area contributed by atoms with Crippen LogP contribution in [0.4, 0.5) is 5.95 Å². The van der Waals surface area contributed by atoms with Crippen molar-refractivity contribution < 1.29 is 9.53 Å². The highest BCUT2D eigenvalue weighted by molar-refractivity contribution is 5.96. The minimum absolute atomic E-state index is 0.0302. The molecule has 29 heavy (non-hydrogen) atoms. The van der Waals surface area contributed by atoms with Gasteiger partial charge in [0.05, 0.1) is 12.6 Å². The number of amides is 1. The van der Waals surface area contributed by atoms with E-state index in [1.165, 1.54) is 0 Å². The van der Waals surface area contributed by atoms with Crippen molar-refractivity contribution in [3.05, 3.63) is 48.0 Å². The van der Waals surface area contributed by atoms with E-state index in [1.54, 1.807) is 11.6 Å². The molecule has 2 aromatic carbocycles. The topological polar surface area (TPSA) is 93.4 Å². The predicted octanol–water partition coefficient (Wildman–Crippen LogP) is 2.56. The number of rotatable bonds is 4. The second kappa shape index (κ2) is 6.73. The molecule has 1 atom stereocenters. The standard InChI is InChI=1S/C21H20N6O2/c1-12-5-3-8-15-17(12)19-25-18(13-6-4-7-14(11-13)29-2)26-27(19)21(23-15)24-16-9-10-22-20(16)28/h3-8,11,16H,9-10H2,1-2H3,(H,22,28)(H,23,24)/t16-/m1/s1. The van der Waals surface area contributed by atoms with Gasteiger partial charge < -0.3 is 15.4 Å². The lowest BCUT2D eigenvalue weighted by Gasteiger charge is -2.13. The number of aryl methyl sites for hydroxylation is 1. The van der Waals surface area contributed by atoms with Gasteiger partial charge in [-0.15, -0.1) is 5.10 Å². The molecule has 0 saturated carbocycles. The summed E-state index contributed by atoms with van der Waals surface area (Å²) in [6, 6.07) is 13.2. The summed E-state index contributed by atoms with van der Waals surface area (Å²) in [5, 5.41) is 11.7. The van der Waals surface area contributed by atoms with Gasteiger partial charge in [-0.2, -0.15) is 4.52 Å². The van der Waals surface area contributed by atoms with Crippen LogP contribution in [0, 0.1) is 6.92 Å². The van der Waals surface area contributed by atoms with E-state index in [0.29, 0.717) is 30.4 Å². The highest BCUT2D eigenvalue weighted by atomic mass is 16.5. The number of ether oxygens (including phenoxy) is 1. The first-order valence-electron chi connectivity index (χ1n) is 9.49. The molecule has 4 aromatic rings. The van der Waals surface area contributed by atoms with Crippen LogP contribution in [0.3, 0.4) is 0 Å². The second-order valence-electron chi connectivity index (χ2n) is 7.08. The normalized spacial score (nSPS) is 16.3. The maximum absolute atomic E-state index is 12.1. The molecule has 1 amide bonds. The number of methoxy groups -OCH3 is 1. The third-order valence-corrected chi connectivity index (χ3v) is 5.19. The third-order valence-electron chi connectivity index (χ3n) is 5.19. The van der Waals surface area contributed by atoms with E-state index in [1.807, 2.05) is 49.4 Å². The van der Waals surface area contributed by atoms with Crippen molar-refractivity contribution >= 4 is 28.4 Å². The molecule has 1 aliphatic heterocycles. The van der Waals surface area contributed by atoms with Crippen molar-refractivity contribution in [3.63, 3.8) is 0 Å². The highest BCUT2D eigenvalue weighted by Gasteiger charge is 2.26. The van der Waals surface area contributed by atoms with Crippen LogP contribution in [0.2, 0.25) is 0 Å². The zero-order chi connectivity index (χ0) is 20.0. The van der Waals surface area contributed by atoms with Gasteiger partial charge >= 0.3 is 0 Å². The molecule has 3 heterocycles. The molecule has 146 valence electrons. The SMILES string of the molecule is COc1cccc(-c2nc3c4c(C)cccc4nc(N[C@@H]4CCNC4=O)n3n2)c1. The zero-order valence-corrected chi connectivity index (χ0v) is 16.1. The zero-order valence-electron chi connectivity index (χ0n) is 16.1. The van der Waals surface area contributed by atoms with Crippen molar-refractivity contribution in [1.29, 1.82) is 0 Å². The van der Waals surface area contributed by atoms with E-state index in [0.717, 1.165) is 27.8 Å². The Morgan fingerprint density at radius 3 is 2.86 bits per heavy atom. The number of nitrogens with one attached hydrogen (secondary N) is 2. The third kappa shape index (κ3) is 2.93. The molecule has 1 fully saturated rings. The van der Waals surface area contributed by atoms with Gasteiger partial charge in [-0.05, 0) is 37.1 Å². The van der Waals surface area contributed by atoms with Crippen LogP contribution < -0.4 is 15.4 Å².